The summed E-state index contributed by atoms with van der Waals surface area (Å²) in [5.41, 5.74) is 10.4. The quantitative estimate of drug-likeness (QED) is 0.683. The van der Waals surface area contributed by atoms with Crippen molar-refractivity contribution in [2.24, 2.45) is 5.73 Å². The van der Waals surface area contributed by atoms with Crippen molar-refractivity contribution in [3.63, 3.8) is 0 Å². The number of rotatable bonds is 1. The lowest BCUT2D eigenvalue weighted by Gasteiger charge is -2.20. The minimum absolute atomic E-state index is 0.599. The van der Waals surface area contributed by atoms with Gasteiger partial charge in [0.2, 0.25) is 0 Å². The molecule has 68 valence electrons. The molecule has 0 fully saturated rings. The van der Waals surface area contributed by atoms with Gasteiger partial charge >= 0.3 is 0 Å². The lowest BCUT2D eigenvalue weighted by Crippen LogP contribution is -2.10. The van der Waals surface area contributed by atoms with Crippen molar-refractivity contribution >= 4 is 5.69 Å². The highest BCUT2D eigenvalue weighted by atomic mass is 14.9. The molecule has 0 atom stereocenters. The lowest BCUT2D eigenvalue weighted by molar-refractivity contribution is 0.914. The molecule has 0 aromatic heterocycles. The molecular weight excluding hydrogens is 160 g/mol. The maximum atomic E-state index is 5.57. The predicted molar refractivity (Wildman–Crippen MR) is 55.4 cm³/mol. The molecule has 3 N–H and O–H groups in total. The molecule has 0 amide bonds. The molecule has 0 bridgehead atoms. The monoisotopic (exact) mass is 174 g/mol. The predicted octanol–water partition coefficient (Wildman–Crippen LogP) is 2.02. The van der Waals surface area contributed by atoms with Crippen LogP contribution in [0.25, 0.3) is 0 Å². The first-order chi connectivity index (χ1) is 6.29. The summed E-state index contributed by atoms with van der Waals surface area (Å²) in [6, 6.07) is 6.35. The molecular formula is C11H14N2. The summed E-state index contributed by atoms with van der Waals surface area (Å²) in [6.07, 6.45) is 2.13. The lowest BCUT2D eigenvalue weighted by atomic mass is 10.00. The van der Waals surface area contributed by atoms with Gasteiger partial charge in [-0.1, -0.05) is 18.7 Å². The highest BCUT2D eigenvalue weighted by molar-refractivity contribution is 5.58. The summed E-state index contributed by atoms with van der Waals surface area (Å²) in [5, 5.41) is 3.28. The number of hydrogen-bond donors (Lipinski definition) is 2. The van der Waals surface area contributed by atoms with E-state index in [9.17, 15) is 0 Å². The van der Waals surface area contributed by atoms with Crippen molar-refractivity contribution in [2.45, 2.75) is 19.4 Å². The molecule has 0 saturated heterocycles. The van der Waals surface area contributed by atoms with Crippen molar-refractivity contribution in [1.29, 1.82) is 0 Å². The molecule has 0 radical (unpaired) electrons. The molecule has 2 nitrogen and oxygen atoms in total. The molecule has 1 aliphatic rings. The number of anilines is 1. The molecule has 2 heteroatoms. The van der Waals surface area contributed by atoms with Crippen LogP contribution < -0.4 is 11.1 Å². The third-order valence-electron chi connectivity index (χ3n) is 2.42. The molecule has 0 saturated carbocycles. The Bertz CT molecular complexity index is 342. The van der Waals surface area contributed by atoms with E-state index in [0.717, 1.165) is 18.5 Å². The van der Waals surface area contributed by atoms with Gasteiger partial charge in [0.15, 0.2) is 0 Å². The number of nitrogens with two attached hydrogens (primary N) is 1. The first-order valence-electron chi connectivity index (χ1n) is 4.56. The van der Waals surface area contributed by atoms with E-state index < -0.39 is 0 Å². The first-order valence-corrected chi connectivity index (χ1v) is 4.56. The second-order valence-electron chi connectivity index (χ2n) is 3.42. The number of hydrogen-bond acceptors (Lipinski definition) is 2. The van der Waals surface area contributed by atoms with Crippen LogP contribution in [0.4, 0.5) is 5.69 Å². The highest BCUT2D eigenvalue weighted by Gasteiger charge is 2.10. The summed E-state index contributed by atoms with van der Waals surface area (Å²) in [4.78, 5) is 0. The number of allylic oxidation sites excluding steroid dienone is 1. The summed E-state index contributed by atoms with van der Waals surface area (Å²) in [5.74, 6) is 0. The third-order valence-corrected chi connectivity index (χ3v) is 2.42. The Kier molecular flexibility index (Phi) is 2.07. The summed E-state index contributed by atoms with van der Waals surface area (Å²) in [7, 11) is 0. The summed E-state index contributed by atoms with van der Waals surface area (Å²) < 4.78 is 0. The summed E-state index contributed by atoms with van der Waals surface area (Å²) in [6.45, 7) is 4.52. The van der Waals surface area contributed by atoms with Crippen LogP contribution in [0.1, 0.15) is 17.5 Å². The van der Waals surface area contributed by atoms with E-state index in [1.807, 2.05) is 0 Å². The molecule has 2 rings (SSSR count). The fraction of sp³-hybridized carbons (Fsp3) is 0.273. The van der Waals surface area contributed by atoms with Crippen molar-refractivity contribution < 1.29 is 0 Å². The van der Waals surface area contributed by atoms with Gasteiger partial charge in [-0.05, 0) is 30.0 Å². The number of nitrogens with one attached hydrogen (secondary N) is 1. The fourth-order valence-electron chi connectivity index (χ4n) is 1.62. The first kappa shape index (κ1) is 8.32. The largest absolute Gasteiger partial charge is 0.359 e. The van der Waals surface area contributed by atoms with E-state index in [4.69, 9.17) is 5.73 Å². The van der Waals surface area contributed by atoms with Gasteiger partial charge in [-0.15, -0.1) is 0 Å². The minimum atomic E-state index is 0.599. The van der Waals surface area contributed by atoms with Gasteiger partial charge in [0, 0.05) is 17.9 Å². The Hall–Kier alpha value is -1.28. The van der Waals surface area contributed by atoms with Crippen LogP contribution >= 0.6 is 0 Å². The minimum Gasteiger partial charge on any atom is -0.359 e. The van der Waals surface area contributed by atoms with Gasteiger partial charge in [-0.25, -0.2) is 0 Å². The zero-order valence-corrected chi connectivity index (χ0v) is 7.64. The normalized spacial score (nSPS) is 15.0. The van der Waals surface area contributed by atoms with Gasteiger partial charge in [-0.3, -0.25) is 0 Å². The van der Waals surface area contributed by atoms with Crippen LogP contribution in [0, 0.1) is 0 Å². The maximum Gasteiger partial charge on any atom is 0.0417 e. The molecule has 0 spiro atoms. The Morgan fingerprint density at radius 3 is 3.00 bits per heavy atom. The molecule has 1 aliphatic heterocycles. The molecule has 1 aromatic carbocycles. The Labute approximate surface area is 78.5 Å². The van der Waals surface area contributed by atoms with Crippen LogP contribution in [0.3, 0.4) is 0 Å². The van der Waals surface area contributed by atoms with E-state index in [-0.39, 0.29) is 0 Å². The summed E-state index contributed by atoms with van der Waals surface area (Å²) >= 11 is 0. The second kappa shape index (κ2) is 3.23. The topological polar surface area (TPSA) is 38.0 Å². The van der Waals surface area contributed by atoms with E-state index in [0.29, 0.717) is 6.54 Å². The zero-order valence-electron chi connectivity index (χ0n) is 7.64. The number of fused-ring (bicyclic) bond motifs is 1. The molecule has 0 unspecified atom stereocenters. The van der Waals surface area contributed by atoms with Gasteiger partial charge in [0.1, 0.15) is 0 Å². The Morgan fingerprint density at radius 2 is 2.23 bits per heavy atom. The van der Waals surface area contributed by atoms with Gasteiger partial charge in [0.25, 0.3) is 0 Å². The van der Waals surface area contributed by atoms with Crippen LogP contribution in [0.2, 0.25) is 0 Å². The van der Waals surface area contributed by atoms with E-state index in [2.05, 4.69) is 30.1 Å². The highest BCUT2D eigenvalue weighted by Crippen LogP contribution is 2.26. The van der Waals surface area contributed by atoms with Gasteiger partial charge in [-0.2, -0.15) is 0 Å². The third kappa shape index (κ3) is 1.58. The average molecular weight is 174 g/mol. The van der Waals surface area contributed by atoms with Crippen LogP contribution in [0.5, 0.6) is 0 Å². The van der Waals surface area contributed by atoms with E-state index in [1.165, 1.54) is 16.8 Å². The molecule has 0 aliphatic carbocycles. The Morgan fingerprint density at radius 1 is 1.38 bits per heavy atom. The smallest absolute Gasteiger partial charge is 0.0417 e. The standard InChI is InChI=1S/C11H14N2/c1-8-2-4-10-5-3-9(7-12)6-11(10)13-8/h3,5-6,13H,1-2,4,7,12H2. The van der Waals surface area contributed by atoms with Gasteiger partial charge in [0.05, 0.1) is 0 Å². The van der Waals surface area contributed by atoms with Gasteiger partial charge < -0.3 is 11.1 Å². The van der Waals surface area contributed by atoms with Crippen molar-refractivity contribution in [1.82, 2.24) is 0 Å². The van der Waals surface area contributed by atoms with Crippen molar-refractivity contribution in [2.75, 3.05) is 5.32 Å². The fourth-order valence-corrected chi connectivity index (χ4v) is 1.62. The van der Waals surface area contributed by atoms with E-state index >= 15 is 0 Å². The molecule has 1 heterocycles. The number of aryl methyl sites for hydroxylation is 1. The zero-order chi connectivity index (χ0) is 9.26. The SMILES string of the molecule is C=C1CCc2ccc(CN)cc2N1. The average Bonchev–Trinajstić information content (AvgIpc) is 2.16. The number of benzene rings is 1. The van der Waals surface area contributed by atoms with Crippen LogP contribution in [0.15, 0.2) is 30.5 Å². The molecule has 1 aromatic rings. The van der Waals surface area contributed by atoms with Crippen molar-refractivity contribution in [3.05, 3.63) is 41.6 Å². The maximum absolute atomic E-state index is 5.57. The van der Waals surface area contributed by atoms with E-state index in [1.54, 1.807) is 0 Å². The van der Waals surface area contributed by atoms with Crippen molar-refractivity contribution in [3.8, 4) is 0 Å². The van der Waals surface area contributed by atoms with Crippen LogP contribution in [-0.2, 0) is 13.0 Å². The van der Waals surface area contributed by atoms with Crippen LogP contribution in [-0.4, -0.2) is 0 Å². The second-order valence-corrected chi connectivity index (χ2v) is 3.42. The Balaban J connectivity index is 2.38. The molecule has 13 heavy (non-hydrogen) atoms.